The maximum atomic E-state index is 12.5. The summed E-state index contributed by atoms with van der Waals surface area (Å²) in [5.41, 5.74) is 6.71. The second kappa shape index (κ2) is 7.26. The third-order valence-electron chi connectivity index (χ3n) is 4.18. The molecule has 6 nitrogen and oxygen atoms in total. The predicted molar refractivity (Wildman–Crippen MR) is 84.6 cm³/mol. The van der Waals surface area contributed by atoms with Crippen LogP contribution in [0.4, 0.5) is 0 Å². The quantitative estimate of drug-likeness (QED) is 0.846. The van der Waals surface area contributed by atoms with Crippen molar-refractivity contribution in [1.82, 2.24) is 4.90 Å². The Kier molecular flexibility index (Phi) is 5.36. The van der Waals surface area contributed by atoms with E-state index in [0.717, 1.165) is 5.56 Å². The van der Waals surface area contributed by atoms with E-state index < -0.39 is 18.0 Å². The second-order valence-corrected chi connectivity index (χ2v) is 5.86. The molecule has 0 spiro atoms. The molecule has 0 radical (unpaired) electrons. The van der Waals surface area contributed by atoms with Crippen LogP contribution in [0.3, 0.4) is 0 Å². The summed E-state index contributed by atoms with van der Waals surface area (Å²) in [4.78, 5) is 37.2. The summed E-state index contributed by atoms with van der Waals surface area (Å²) in [7, 11) is 0. The summed E-state index contributed by atoms with van der Waals surface area (Å²) in [6, 6.07) is 7.46. The fraction of sp³-hybridized carbons (Fsp3) is 0.471. The van der Waals surface area contributed by atoms with Gasteiger partial charge in [-0.15, -0.1) is 0 Å². The molecule has 1 atom stereocenters. The minimum absolute atomic E-state index is 0.0135. The van der Waals surface area contributed by atoms with Crippen LogP contribution in [0.2, 0.25) is 0 Å². The monoisotopic (exact) mass is 318 g/mol. The molecule has 0 bridgehead atoms. The van der Waals surface area contributed by atoms with Gasteiger partial charge in [0, 0.05) is 18.7 Å². The average molecular weight is 318 g/mol. The highest BCUT2D eigenvalue weighted by Crippen LogP contribution is 2.21. The van der Waals surface area contributed by atoms with Crippen molar-refractivity contribution in [3.8, 4) is 0 Å². The number of hydrogen-bond donors (Lipinski definition) is 1. The number of nitrogens with two attached hydrogens (primary N) is 1. The Balaban J connectivity index is 1.91. The number of benzene rings is 1. The molecule has 1 aliphatic rings. The van der Waals surface area contributed by atoms with E-state index in [2.05, 4.69) is 0 Å². The number of esters is 1. The Morgan fingerprint density at radius 3 is 2.39 bits per heavy atom. The van der Waals surface area contributed by atoms with Gasteiger partial charge in [-0.2, -0.15) is 0 Å². The largest absolute Gasteiger partial charge is 0.452 e. The Morgan fingerprint density at radius 2 is 1.83 bits per heavy atom. The van der Waals surface area contributed by atoms with Crippen LogP contribution in [0, 0.1) is 12.8 Å². The normalized spacial score (nSPS) is 16.7. The molecule has 0 unspecified atom stereocenters. The summed E-state index contributed by atoms with van der Waals surface area (Å²) < 4.78 is 5.03. The van der Waals surface area contributed by atoms with Gasteiger partial charge in [0.05, 0.1) is 5.92 Å². The molecule has 2 amide bonds. The number of carbonyl (C=O) groups is 3. The first-order chi connectivity index (χ1) is 10.9. The lowest BCUT2D eigenvalue weighted by Gasteiger charge is -2.31. The van der Waals surface area contributed by atoms with E-state index in [-0.39, 0.29) is 11.8 Å². The van der Waals surface area contributed by atoms with Crippen LogP contribution in [0.1, 0.15) is 35.7 Å². The van der Waals surface area contributed by atoms with Crippen LogP contribution < -0.4 is 5.73 Å². The Bertz CT molecular complexity index is 606. The number of likely N-dealkylation sites (tertiary alicyclic amines) is 1. The summed E-state index contributed by atoms with van der Waals surface area (Å²) in [5, 5.41) is 0. The fourth-order valence-corrected chi connectivity index (χ4v) is 2.63. The number of amides is 2. The maximum absolute atomic E-state index is 12.5. The van der Waals surface area contributed by atoms with Crippen molar-refractivity contribution in [3.63, 3.8) is 0 Å². The van der Waals surface area contributed by atoms with Crippen LogP contribution in [-0.2, 0) is 14.3 Å². The first-order valence-electron chi connectivity index (χ1n) is 7.75. The Morgan fingerprint density at radius 1 is 1.22 bits per heavy atom. The van der Waals surface area contributed by atoms with Crippen molar-refractivity contribution < 1.29 is 19.1 Å². The standard InChI is InChI=1S/C17H22N2O4/c1-11-5-3-4-6-14(11)16(21)19-9-7-13(8-10-19)17(22)23-12(2)15(18)20/h3-6,12-13H,7-10H2,1-2H3,(H2,18,20)/t12-/m0/s1. The van der Waals surface area contributed by atoms with E-state index in [1.165, 1.54) is 6.92 Å². The van der Waals surface area contributed by atoms with Crippen LogP contribution in [0.15, 0.2) is 24.3 Å². The van der Waals surface area contributed by atoms with E-state index in [0.29, 0.717) is 31.5 Å². The third kappa shape index (κ3) is 4.09. The molecule has 0 aliphatic carbocycles. The molecule has 2 rings (SSSR count). The highest BCUT2D eigenvalue weighted by Gasteiger charge is 2.30. The molecule has 1 aromatic rings. The van der Waals surface area contributed by atoms with Gasteiger partial charge in [-0.1, -0.05) is 18.2 Å². The molecule has 1 heterocycles. The molecule has 1 aromatic carbocycles. The van der Waals surface area contributed by atoms with E-state index in [1.807, 2.05) is 31.2 Å². The van der Waals surface area contributed by atoms with Gasteiger partial charge in [-0.25, -0.2) is 0 Å². The highest BCUT2D eigenvalue weighted by molar-refractivity contribution is 5.95. The molecule has 6 heteroatoms. The van der Waals surface area contributed by atoms with Crippen molar-refractivity contribution >= 4 is 17.8 Å². The van der Waals surface area contributed by atoms with E-state index >= 15 is 0 Å². The van der Waals surface area contributed by atoms with Crippen molar-refractivity contribution in [1.29, 1.82) is 0 Å². The fourth-order valence-electron chi connectivity index (χ4n) is 2.63. The topological polar surface area (TPSA) is 89.7 Å². The summed E-state index contributed by atoms with van der Waals surface area (Å²) in [5.74, 6) is -1.39. The zero-order valence-corrected chi connectivity index (χ0v) is 13.5. The van der Waals surface area contributed by atoms with E-state index in [1.54, 1.807) is 4.90 Å². The van der Waals surface area contributed by atoms with Crippen molar-refractivity contribution in [2.45, 2.75) is 32.8 Å². The van der Waals surface area contributed by atoms with E-state index in [4.69, 9.17) is 10.5 Å². The van der Waals surface area contributed by atoms with Crippen LogP contribution in [0.5, 0.6) is 0 Å². The lowest BCUT2D eigenvalue weighted by Crippen LogP contribution is -2.42. The van der Waals surface area contributed by atoms with Gasteiger partial charge in [0.15, 0.2) is 6.10 Å². The minimum atomic E-state index is -0.922. The van der Waals surface area contributed by atoms with Crippen LogP contribution in [0.25, 0.3) is 0 Å². The maximum Gasteiger partial charge on any atom is 0.309 e. The summed E-state index contributed by atoms with van der Waals surface area (Å²) in [6.45, 7) is 4.36. The number of rotatable bonds is 4. The molecule has 1 saturated heterocycles. The SMILES string of the molecule is Cc1ccccc1C(=O)N1CCC(C(=O)O[C@@H](C)C(N)=O)CC1. The number of ether oxygens (including phenoxy) is 1. The summed E-state index contributed by atoms with van der Waals surface area (Å²) >= 11 is 0. The first-order valence-corrected chi connectivity index (χ1v) is 7.75. The molecular weight excluding hydrogens is 296 g/mol. The van der Waals surface area contributed by atoms with Gasteiger partial charge in [-0.05, 0) is 38.3 Å². The number of carbonyl (C=O) groups excluding carboxylic acids is 3. The molecule has 0 aromatic heterocycles. The zero-order chi connectivity index (χ0) is 17.0. The minimum Gasteiger partial charge on any atom is -0.452 e. The highest BCUT2D eigenvalue weighted by atomic mass is 16.5. The average Bonchev–Trinajstić information content (AvgIpc) is 2.54. The number of aryl methyl sites for hydroxylation is 1. The lowest BCUT2D eigenvalue weighted by atomic mass is 9.96. The van der Waals surface area contributed by atoms with Gasteiger partial charge in [0.2, 0.25) is 0 Å². The van der Waals surface area contributed by atoms with Gasteiger partial charge < -0.3 is 15.4 Å². The molecule has 0 saturated carbocycles. The number of piperidine rings is 1. The summed E-state index contributed by atoms with van der Waals surface area (Å²) in [6.07, 6.45) is 0.137. The van der Waals surface area contributed by atoms with Crippen molar-refractivity contribution in [3.05, 3.63) is 35.4 Å². The van der Waals surface area contributed by atoms with Crippen LogP contribution in [-0.4, -0.2) is 41.9 Å². The molecule has 23 heavy (non-hydrogen) atoms. The first kappa shape index (κ1) is 17.0. The predicted octanol–water partition coefficient (Wildman–Crippen LogP) is 1.26. The van der Waals surface area contributed by atoms with Crippen molar-refractivity contribution in [2.24, 2.45) is 11.7 Å². The Hall–Kier alpha value is -2.37. The van der Waals surface area contributed by atoms with Gasteiger partial charge in [0.25, 0.3) is 11.8 Å². The molecule has 1 aliphatic heterocycles. The van der Waals surface area contributed by atoms with Gasteiger partial charge in [-0.3, -0.25) is 14.4 Å². The number of nitrogens with zero attached hydrogens (tertiary/aromatic N) is 1. The molecule has 1 fully saturated rings. The number of hydrogen-bond acceptors (Lipinski definition) is 4. The molecule has 2 N–H and O–H groups in total. The smallest absolute Gasteiger partial charge is 0.309 e. The lowest BCUT2D eigenvalue weighted by molar-refractivity contribution is -0.159. The van der Waals surface area contributed by atoms with Gasteiger partial charge in [0.1, 0.15) is 0 Å². The van der Waals surface area contributed by atoms with Gasteiger partial charge >= 0.3 is 5.97 Å². The number of primary amides is 1. The Labute approximate surface area is 135 Å². The van der Waals surface area contributed by atoms with Crippen molar-refractivity contribution in [2.75, 3.05) is 13.1 Å². The second-order valence-electron chi connectivity index (χ2n) is 5.86. The van der Waals surface area contributed by atoms with E-state index in [9.17, 15) is 14.4 Å². The zero-order valence-electron chi connectivity index (χ0n) is 13.5. The van der Waals surface area contributed by atoms with Crippen LogP contribution >= 0.6 is 0 Å². The molecule has 124 valence electrons. The third-order valence-corrected chi connectivity index (χ3v) is 4.18. The molecular formula is C17H22N2O4.